The minimum Gasteiger partial charge on any atom is -0.504 e. The summed E-state index contributed by atoms with van der Waals surface area (Å²) >= 11 is 0. The number of aliphatic hydroxyl groups is 1. The number of methoxy groups -OCH3 is 1. The van der Waals surface area contributed by atoms with Crippen LogP contribution in [0.3, 0.4) is 0 Å². The summed E-state index contributed by atoms with van der Waals surface area (Å²) < 4.78 is 5.46. The van der Waals surface area contributed by atoms with Crippen molar-refractivity contribution in [3.63, 3.8) is 0 Å². The summed E-state index contributed by atoms with van der Waals surface area (Å²) in [4.78, 5) is 0. The molecule has 3 nitrogen and oxygen atoms in total. The van der Waals surface area contributed by atoms with Gasteiger partial charge in [0.05, 0.1) is 13.2 Å². The number of hydrogen-bond acceptors (Lipinski definition) is 3. The van der Waals surface area contributed by atoms with Gasteiger partial charge in [-0.3, -0.25) is 0 Å². The first-order chi connectivity index (χ1) is 10.6. The molecule has 1 aromatic carbocycles. The van der Waals surface area contributed by atoms with Gasteiger partial charge in [0.25, 0.3) is 0 Å². The van der Waals surface area contributed by atoms with Gasteiger partial charge in [-0.1, -0.05) is 13.0 Å². The Morgan fingerprint density at radius 2 is 2.00 bits per heavy atom. The molecule has 0 amide bonds. The Morgan fingerprint density at radius 3 is 2.77 bits per heavy atom. The highest BCUT2D eigenvalue weighted by molar-refractivity contribution is 5.52. The number of phenolic OH excluding ortho intramolecular Hbond substituents is 1. The molecule has 0 heterocycles. The van der Waals surface area contributed by atoms with E-state index in [-0.39, 0.29) is 17.3 Å². The predicted molar refractivity (Wildman–Crippen MR) is 85.3 cm³/mol. The van der Waals surface area contributed by atoms with E-state index in [1.807, 2.05) is 0 Å². The fraction of sp³-hybridized carbons (Fsp3) is 0.684. The van der Waals surface area contributed by atoms with E-state index < -0.39 is 0 Å². The van der Waals surface area contributed by atoms with Crippen LogP contribution in [-0.4, -0.2) is 23.4 Å². The molecule has 0 saturated heterocycles. The van der Waals surface area contributed by atoms with Gasteiger partial charge in [0.1, 0.15) is 0 Å². The molecule has 2 N–H and O–H groups in total. The Kier molecular flexibility index (Phi) is 3.19. The average Bonchev–Trinajstić information content (AvgIpc) is 2.82. The van der Waals surface area contributed by atoms with Gasteiger partial charge in [0.2, 0.25) is 0 Å². The van der Waals surface area contributed by atoms with Crippen LogP contribution in [0.15, 0.2) is 12.1 Å². The molecule has 3 aliphatic rings. The molecule has 0 aromatic heterocycles. The van der Waals surface area contributed by atoms with Crippen molar-refractivity contribution in [2.75, 3.05) is 7.11 Å². The van der Waals surface area contributed by atoms with Crippen LogP contribution >= 0.6 is 0 Å². The molecule has 3 heteroatoms. The van der Waals surface area contributed by atoms with Crippen molar-refractivity contribution in [2.24, 2.45) is 17.3 Å². The lowest BCUT2D eigenvalue weighted by molar-refractivity contribution is -0.0227. The molecular formula is C19H26O3. The Balaban J connectivity index is 1.74. The SMILES string of the molecule is COc1c(O)ccc2c1CC[C@@H]1[C@@H]2CC[C@]2(C)[C@@H](O)CC[C@@H]12. The highest BCUT2D eigenvalue weighted by atomic mass is 16.5. The molecule has 0 bridgehead atoms. The molecule has 0 spiro atoms. The summed E-state index contributed by atoms with van der Waals surface area (Å²) in [6.45, 7) is 2.30. The first kappa shape index (κ1) is 14.4. The normalized spacial score (nSPS) is 39.8. The standard InChI is InChI=1S/C19H26O3/c1-19-10-9-12-11-5-7-16(20)18(22-2)14(11)4-3-13(12)15(19)6-8-17(19)21/h5,7,12-13,15,17,20-21H,3-4,6,8-10H2,1-2H3/t12-,13-,15+,17+,19+/m1/s1. The minimum atomic E-state index is -0.116. The third-order valence-electron chi connectivity index (χ3n) is 6.99. The summed E-state index contributed by atoms with van der Waals surface area (Å²) in [7, 11) is 1.65. The van der Waals surface area contributed by atoms with Gasteiger partial charge in [-0.25, -0.2) is 0 Å². The minimum absolute atomic E-state index is 0.116. The lowest BCUT2D eigenvalue weighted by Crippen LogP contribution is -2.43. The maximum absolute atomic E-state index is 10.4. The first-order valence-corrected chi connectivity index (χ1v) is 8.63. The fourth-order valence-electron chi connectivity index (χ4n) is 5.82. The van der Waals surface area contributed by atoms with Crippen LogP contribution in [-0.2, 0) is 6.42 Å². The van der Waals surface area contributed by atoms with Gasteiger partial charge in [-0.15, -0.1) is 0 Å². The van der Waals surface area contributed by atoms with Gasteiger partial charge in [-0.05, 0) is 73.3 Å². The van der Waals surface area contributed by atoms with Gasteiger partial charge in [-0.2, -0.15) is 0 Å². The average molecular weight is 302 g/mol. The molecule has 1 aromatic rings. The van der Waals surface area contributed by atoms with Crippen molar-refractivity contribution in [3.05, 3.63) is 23.3 Å². The molecular weight excluding hydrogens is 276 g/mol. The van der Waals surface area contributed by atoms with E-state index in [1.165, 1.54) is 17.5 Å². The van der Waals surface area contributed by atoms with Crippen molar-refractivity contribution < 1.29 is 14.9 Å². The molecule has 120 valence electrons. The highest BCUT2D eigenvalue weighted by Crippen LogP contribution is 2.61. The Morgan fingerprint density at radius 1 is 1.18 bits per heavy atom. The summed E-state index contributed by atoms with van der Waals surface area (Å²) in [5.74, 6) is 2.83. The van der Waals surface area contributed by atoms with Crippen LogP contribution < -0.4 is 4.74 Å². The van der Waals surface area contributed by atoms with E-state index in [4.69, 9.17) is 4.74 Å². The van der Waals surface area contributed by atoms with E-state index in [9.17, 15) is 10.2 Å². The van der Waals surface area contributed by atoms with Crippen molar-refractivity contribution in [3.8, 4) is 11.5 Å². The van der Waals surface area contributed by atoms with E-state index in [1.54, 1.807) is 13.2 Å². The second-order valence-corrected chi connectivity index (χ2v) is 7.74. The zero-order valence-electron chi connectivity index (χ0n) is 13.5. The molecule has 4 rings (SSSR count). The lowest BCUT2D eigenvalue weighted by atomic mass is 9.55. The maximum atomic E-state index is 10.4. The third-order valence-corrected chi connectivity index (χ3v) is 6.99. The fourth-order valence-corrected chi connectivity index (χ4v) is 5.82. The van der Waals surface area contributed by atoms with Gasteiger partial charge in [0, 0.05) is 5.56 Å². The summed E-state index contributed by atoms with van der Waals surface area (Å²) in [5, 5.41) is 20.5. The number of benzene rings is 1. The molecule has 22 heavy (non-hydrogen) atoms. The molecule has 3 aliphatic carbocycles. The smallest absolute Gasteiger partial charge is 0.163 e. The second-order valence-electron chi connectivity index (χ2n) is 7.74. The van der Waals surface area contributed by atoms with Crippen LogP contribution in [0.25, 0.3) is 0 Å². The van der Waals surface area contributed by atoms with Crippen LogP contribution in [0.2, 0.25) is 0 Å². The molecule has 0 unspecified atom stereocenters. The number of rotatable bonds is 1. The quantitative estimate of drug-likeness (QED) is 0.833. The maximum Gasteiger partial charge on any atom is 0.163 e. The second kappa shape index (κ2) is 4.89. The molecule has 5 atom stereocenters. The Hall–Kier alpha value is -1.22. The summed E-state index contributed by atoms with van der Waals surface area (Å²) in [6, 6.07) is 3.90. The zero-order valence-corrected chi connectivity index (χ0v) is 13.5. The number of hydrogen-bond donors (Lipinski definition) is 2. The van der Waals surface area contributed by atoms with Gasteiger partial charge in [0.15, 0.2) is 11.5 Å². The first-order valence-electron chi connectivity index (χ1n) is 8.63. The van der Waals surface area contributed by atoms with E-state index in [0.29, 0.717) is 23.5 Å². The number of fused-ring (bicyclic) bond motifs is 5. The molecule has 0 radical (unpaired) electrons. The van der Waals surface area contributed by atoms with Crippen LogP contribution in [0, 0.1) is 17.3 Å². The topological polar surface area (TPSA) is 49.7 Å². The number of aromatic hydroxyl groups is 1. The van der Waals surface area contributed by atoms with Crippen LogP contribution in [0.4, 0.5) is 0 Å². The molecule has 2 saturated carbocycles. The molecule has 2 fully saturated rings. The van der Waals surface area contributed by atoms with Gasteiger partial charge < -0.3 is 14.9 Å². The van der Waals surface area contributed by atoms with Crippen molar-refractivity contribution in [1.29, 1.82) is 0 Å². The largest absolute Gasteiger partial charge is 0.504 e. The number of aliphatic hydroxyl groups excluding tert-OH is 1. The van der Waals surface area contributed by atoms with E-state index in [2.05, 4.69) is 13.0 Å². The predicted octanol–water partition coefficient (Wildman–Crippen LogP) is 3.62. The molecule has 0 aliphatic heterocycles. The highest BCUT2D eigenvalue weighted by Gasteiger charge is 2.54. The van der Waals surface area contributed by atoms with Crippen molar-refractivity contribution in [2.45, 2.75) is 57.5 Å². The summed E-state index contributed by atoms with van der Waals surface area (Å²) in [6.07, 6.45) is 6.42. The van der Waals surface area contributed by atoms with Gasteiger partial charge >= 0.3 is 0 Å². The van der Waals surface area contributed by atoms with E-state index >= 15 is 0 Å². The van der Waals surface area contributed by atoms with Crippen LogP contribution in [0.5, 0.6) is 11.5 Å². The van der Waals surface area contributed by atoms with Crippen molar-refractivity contribution >= 4 is 0 Å². The Labute approximate surface area is 132 Å². The monoisotopic (exact) mass is 302 g/mol. The number of ether oxygens (including phenoxy) is 1. The number of phenols is 1. The Bertz CT molecular complexity index is 597. The third kappa shape index (κ3) is 1.78. The lowest BCUT2D eigenvalue weighted by Gasteiger charge is -2.50. The zero-order chi connectivity index (χ0) is 15.5. The van der Waals surface area contributed by atoms with Crippen LogP contribution in [0.1, 0.15) is 56.1 Å². The summed E-state index contributed by atoms with van der Waals surface area (Å²) in [5.41, 5.74) is 2.72. The van der Waals surface area contributed by atoms with E-state index in [0.717, 1.165) is 32.1 Å². The van der Waals surface area contributed by atoms with Crippen molar-refractivity contribution in [1.82, 2.24) is 0 Å².